The molecule has 7 nitrogen and oxygen atoms in total. The molecule has 1 amide bonds. The van der Waals surface area contributed by atoms with E-state index in [4.69, 9.17) is 9.47 Å². The maximum absolute atomic E-state index is 13.2. The molecular formula is C24H32N2O5. The van der Waals surface area contributed by atoms with Crippen LogP contribution in [0.5, 0.6) is 17.2 Å². The summed E-state index contributed by atoms with van der Waals surface area (Å²) in [5.74, 6) is 0.966. The van der Waals surface area contributed by atoms with Crippen LogP contribution in [0.4, 0.5) is 0 Å². The lowest BCUT2D eigenvalue weighted by atomic mass is 9.77. The zero-order chi connectivity index (χ0) is 22.0. The Hall–Kier alpha value is -2.67. The number of ether oxygens (including phenoxy) is 2. The number of hydrogen-bond donors (Lipinski definition) is 3. The second kappa shape index (κ2) is 9.22. The molecule has 0 aromatic heterocycles. The minimum absolute atomic E-state index is 0.00721. The van der Waals surface area contributed by atoms with Crippen LogP contribution in [-0.2, 0) is 4.79 Å². The standard InChI is InChI=1S/C24H32N2O5/c1-30-17-12-20(27)24(21(13-17)31-2)18(14-23(29)26-8-4-3-5-9-26)15-6-7-19-16(10-15)11-22(28)25-19/h7,10,12-13,15,18,22,25,27-28H,3-6,8-9,11,14H2,1-2H3. The topological polar surface area (TPSA) is 91.3 Å². The lowest BCUT2D eigenvalue weighted by Crippen LogP contribution is -2.37. The molecule has 3 atom stereocenters. The average molecular weight is 429 g/mol. The molecular weight excluding hydrogens is 396 g/mol. The highest BCUT2D eigenvalue weighted by atomic mass is 16.5. The largest absolute Gasteiger partial charge is 0.507 e. The number of benzene rings is 1. The predicted octanol–water partition coefficient (Wildman–Crippen LogP) is 3.04. The normalized spacial score (nSPS) is 23.9. The Balaban J connectivity index is 1.69. The van der Waals surface area contributed by atoms with Crippen molar-refractivity contribution in [3.8, 4) is 17.2 Å². The number of nitrogens with zero attached hydrogens (tertiary/aromatic N) is 1. The monoisotopic (exact) mass is 428 g/mol. The number of hydrogen-bond acceptors (Lipinski definition) is 6. The molecule has 0 bridgehead atoms. The summed E-state index contributed by atoms with van der Waals surface area (Å²) in [5.41, 5.74) is 2.67. The van der Waals surface area contributed by atoms with Gasteiger partial charge in [-0.15, -0.1) is 0 Å². The smallest absolute Gasteiger partial charge is 0.223 e. The van der Waals surface area contributed by atoms with Crippen molar-refractivity contribution in [1.29, 1.82) is 0 Å². The quantitative estimate of drug-likeness (QED) is 0.645. The molecule has 2 saturated heterocycles. The van der Waals surface area contributed by atoms with Crippen LogP contribution in [0.3, 0.4) is 0 Å². The third-order valence-corrected chi connectivity index (χ3v) is 6.63. The lowest BCUT2D eigenvalue weighted by Gasteiger charge is -2.32. The van der Waals surface area contributed by atoms with Crippen molar-refractivity contribution in [1.82, 2.24) is 10.2 Å². The van der Waals surface area contributed by atoms with E-state index in [0.717, 1.165) is 43.6 Å². The fraction of sp³-hybridized carbons (Fsp3) is 0.542. The number of rotatable bonds is 6. The Morgan fingerprint density at radius 2 is 2.00 bits per heavy atom. The van der Waals surface area contributed by atoms with Gasteiger partial charge in [0.2, 0.25) is 5.91 Å². The number of carbonyl (C=O) groups is 1. The van der Waals surface area contributed by atoms with Gasteiger partial charge in [-0.05, 0) is 37.2 Å². The average Bonchev–Trinajstić information content (AvgIpc) is 3.16. The molecule has 0 radical (unpaired) electrons. The van der Waals surface area contributed by atoms with Crippen LogP contribution in [0.1, 0.15) is 50.0 Å². The third kappa shape index (κ3) is 4.51. The fourth-order valence-electron chi connectivity index (χ4n) is 5.02. The van der Waals surface area contributed by atoms with Crippen LogP contribution in [0.25, 0.3) is 0 Å². The summed E-state index contributed by atoms with van der Waals surface area (Å²) < 4.78 is 10.9. The number of fused-ring (bicyclic) bond motifs is 1. The van der Waals surface area contributed by atoms with E-state index in [1.807, 2.05) is 4.90 Å². The Morgan fingerprint density at radius 3 is 2.71 bits per heavy atom. The summed E-state index contributed by atoms with van der Waals surface area (Å²) in [6, 6.07) is 3.33. The maximum Gasteiger partial charge on any atom is 0.223 e. The molecule has 3 aliphatic rings. The molecule has 1 aromatic rings. The number of nitrogens with one attached hydrogen (secondary N) is 1. The summed E-state index contributed by atoms with van der Waals surface area (Å²) in [4.78, 5) is 15.2. The molecule has 2 aliphatic heterocycles. The molecule has 0 saturated carbocycles. The van der Waals surface area contributed by atoms with E-state index < -0.39 is 6.23 Å². The van der Waals surface area contributed by atoms with Gasteiger partial charge in [-0.1, -0.05) is 12.2 Å². The maximum atomic E-state index is 13.2. The van der Waals surface area contributed by atoms with Crippen molar-refractivity contribution in [3.63, 3.8) is 0 Å². The van der Waals surface area contributed by atoms with Crippen LogP contribution in [-0.4, -0.2) is 54.6 Å². The van der Waals surface area contributed by atoms with Gasteiger partial charge in [0, 0.05) is 55.2 Å². The zero-order valence-electron chi connectivity index (χ0n) is 18.3. The van der Waals surface area contributed by atoms with Crippen LogP contribution >= 0.6 is 0 Å². The second-order valence-electron chi connectivity index (χ2n) is 8.59. The fourth-order valence-corrected chi connectivity index (χ4v) is 5.02. The van der Waals surface area contributed by atoms with Gasteiger partial charge in [-0.3, -0.25) is 4.79 Å². The molecule has 2 fully saturated rings. The van der Waals surface area contributed by atoms with Crippen LogP contribution < -0.4 is 14.8 Å². The Morgan fingerprint density at radius 1 is 1.23 bits per heavy atom. The number of methoxy groups -OCH3 is 2. The van der Waals surface area contributed by atoms with Gasteiger partial charge in [0.1, 0.15) is 23.5 Å². The third-order valence-electron chi connectivity index (χ3n) is 6.63. The van der Waals surface area contributed by atoms with E-state index in [2.05, 4.69) is 17.5 Å². The number of phenols is 1. The van der Waals surface area contributed by atoms with Crippen LogP contribution in [0.15, 0.2) is 35.6 Å². The summed E-state index contributed by atoms with van der Waals surface area (Å²) in [7, 11) is 3.11. The summed E-state index contributed by atoms with van der Waals surface area (Å²) in [5, 5.41) is 24.0. The number of allylic oxidation sites excluding steroid dienone is 3. The Bertz CT molecular complexity index is 888. The SMILES string of the molecule is COc1cc(O)c(C(CC(=O)N2CCCCC2)C2C=C3CC(O)NC3=CC2)c(OC)c1. The molecule has 7 heteroatoms. The number of piperidine rings is 1. The number of carbonyl (C=O) groups excluding carboxylic acids is 1. The lowest BCUT2D eigenvalue weighted by molar-refractivity contribution is -0.132. The van der Waals surface area contributed by atoms with Gasteiger partial charge in [-0.2, -0.15) is 0 Å². The first-order chi connectivity index (χ1) is 15.0. The summed E-state index contributed by atoms with van der Waals surface area (Å²) >= 11 is 0. The number of likely N-dealkylation sites (tertiary alicyclic amines) is 1. The van der Waals surface area contributed by atoms with Crippen molar-refractivity contribution in [2.75, 3.05) is 27.3 Å². The second-order valence-corrected chi connectivity index (χ2v) is 8.59. The minimum Gasteiger partial charge on any atom is -0.507 e. The van der Waals surface area contributed by atoms with Gasteiger partial charge in [0.15, 0.2) is 0 Å². The minimum atomic E-state index is -0.575. The van der Waals surface area contributed by atoms with E-state index >= 15 is 0 Å². The van der Waals surface area contributed by atoms with Crippen molar-refractivity contribution < 1.29 is 24.5 Å². The number of amides is 1. The first-order valence-corrected chi connectivity index (χ1v) is 11.1. The highest BCUT2D eigenvalue weighted by molar-refractivity contribution is 5.78. The van der Waals surface area contributed by atoms with Crippen LogP contribution in [0, 0.1) is 5.92 Å². The first kappa shape index (κ1) is 21.6. The molecule has 4 rings (SSSR count). The van der Waals surface area contributed by atoms with E-state index in [9.17, 15) is 15.0 Å². The molecule has 0 spiro atoms. The van der Waals surface area contributed by atoms with Crippen molar-refractivity contribution in [2.45, 2.75) is 50.7 Å². The van der Waals surface area contributed by atoms with Crippen molar-refractivity contribution in [2.24, 2.45) is 5.92 Å². The van der Waals surface area contributed by atoms with Gasteiger partial charge in [0.05, 0.1) is 14.2 Å². The van der Waals surface area contributed by atoms with Gasteiger partial charge >= 0.3 is 0 Å². The number of phenolic OH excluding ortho intramolecular Hbond substituents is 1. The van der Waals surface area contributed by atoms with Gasteiger partial charge in [-0.25, -0.2) is 0 Å². The molecule has 31 heavy (non-hydrogen) atoms. The zero-order valence-corrected chi connectivity index (χ0v) is 18.3. The number of aromatic hydroxyl groups is 1. The van der Waals surface area contributed by atoms with E-state index in [0.29, 0.717) is 36.3 Å². The number of aliphatic hydroxyl groups is 1. The van der Waals surface area contributed by atoms with Crippen molar-refractivity contribution in [3.05, 3.63) is 41.1 Å². The summed E-state index contributed by atoms with van der Waals surface area (Å²) in [6.07, 6.45) is 8.45. The molecule has 3 unspecified atom stereocenters. The molecule has 3 N–H and O–H groups in total. The van der Waals surface area contributed by atoms with E-state index in [1.165, 1.54) is 0 Å². The predicted molar refractivity (Wildman–Crippen MR) is 117 cm³/mol. The highest BCUT2D eigenvalue weighted by Crippen LogP contribution is 2.46. The summed E-state index contributed by atoms with van der Waals surface area (Å²) in [6.45, 7) is 1.59. The number of aliphatic hydroxyl groups excluding tert-OH is 1. The molecule has 168 valence electrons. The van der Waals surface area contributed by atoms with Gasteiger partial charge < -0.3 is 29.9 Å². The molecule has 2 heterocycles. The van der Waals surface area contributed by atoms with E-state index in [1.54, 1.807) is 26.4 Å². The molecule has 1 aromatic carbocycles. The van der Waals surface area contributed by atoms with Crippen molar-refractivity contribution >= 4 is 5.91 Å². The van der Waals surface area contributed by atoms with Gasteiger partial charge in [0.25, 0.3) is 0 Å². The Labute approximate surface area is 183 Å². The first-order valence-electron chi connectivity index (χ1n) is 11.1. The molecule has 1 aliphatic carbocycles. The Kier molecular flexibility index (Phi) is 6.41. The van der Waals surface area contributed by atoms with E-state index in [-0.39, 0.29) is 23.5 Å². The highest BCUT2D eigenvalue weighted by Gasteiger charge is 2.35. The van der Waals surface area contributed by atoms with Crippen LogP contribution in [0.2, 0.25) is 0 Å².